The molecule has 2 heterocycles. The second kappa shape index (κ2) is 13.2. The molecule has 0 atom stereocenters. The first-order chi connectivity index (χ1) is 21.9. The molecule has 0 aliphatic heterocycles. The fraction of sp³-hybridized carbons (Fsp3) is 0.0968. The molecule has 5 rings (SSSR count). The highest BCUT2D eigenvalue weighted by atomic mass is 32.2. The van der Waals surface area contributed by atoms with Crippen LogP contribution in [0.4, 0.5) is 17.2 Å². The van der Waals surface area contributed by atoms with Crippen LogP contribution < -0.4 is 15.4 Å². The van der Waals surface area contributed by atoms with E-state index in [9.17, 15) is 26.4 Å². The van der Waals surface area contributed by atoms with E-state index >= 15 is 0 Å². The maximum Gasteiger partial charge on any atom is 0.263 e. The van der Waals surface area contributed by atoms with Gasteiger partial charge in [-0.05, 0) is 92.7 Å². The van der Waals surface area contributed by atoms with Gasteiger partial charge in [-0.15, -0.1) is 0 Å². The second-order valence-corrected chi connectivity index (χ2v) is 13.7. The van der Waals surface area contributed by atoms with Crippen LogP contribution in [0.5, 0.6) is 0 Å². The lowest BCUT2D eigenvalue weighted by Crippen LogP contribution is -2.16. The van der Waals surface area contributed by atoms with Gasteiger partial charge in [-0.1, -0.05) is 6.07 Å². The Kier molecular flexibility index (Phi) is 9.16. The van der Waals surface area contributed by atoms with E-state index in [1.165, 1.54) is 85.2 Å². The lowest BCUT2D eigenvalue weighted by atomic mass is 10.1. The van der Waals surface area contributed by atoms with Crippen LogP contribution in [0.25, 0.3) is 0 Å². The molecule has 0 saturated carbocycles. The number of carbonyl (C=O) groups is 2. The molecule has 3 N–H and O–H groups in total. The summed E-state index contributed by atoms with van der Waals surface area (Å²) >= 11 is 0. The number of aryl methyl sites for hydroxylation is 2. The number of hydrogen-bond acceptors (Lipinski definition) is 10. The number of benzene rings is 3. The molecule has 15 heteroatoms. The van der Waals surface area contributed by atoms with Crippen molar-refractivity contribution in [2.24, 2.45) is 0 Å². The summed E-state index contributed by atoms with van der Waals surface area (Å²) in [7, 11) is -7.60. The Balaban J connectivity index is 1.20. The van der Waals surface area contributed by atoms with E-state index in [0.29, 0.717) is 28.7 Å². The summed E-state index contributed by atoms with van der Waals surface area (Å²) in [6.07, 6.45) is 2.94. The summed E-state index contributed by atoms with van der Waals surface area (Å²) in [5, 5.41) is 5.37. The zero-order valence-electron chi connectivity index (χ0n) is 24.5. The molecule has 3 aromatic carbocycles. The highest BCUT2D eigenvalue weighted by Crippen LogP contribution is 2.21. The van der Waals surface area contributed by atoms with Crippen LogP contribution in [0.2, 0.25) is 0 Å². The van der Waals surface area contributed by atoms with Crippen molar-refractivity contribution >= 4 is 48.9 Å². The number of nitrogens with one attached hydrogen (secondary N) is 3. The number of sulfone groups is 1. The van der Waals surface area contributed by atoms with E-state index in [2.05, 4.69) is 35.3 Å². The monoisotopic (exact) mass is 657 g/mol. The van der Waals surface area contributed by atoms with Gasteiger partial charge >= 0.3 is 0 Å². The van der Waals surface area contributed by atoms with Crippen molar-refractivity contribution in [2.75, 3.05) is 15.4 Å². The van der Waals surface area contributed by atoms with E-state index in [-0.39, 0.29) is 32.5 Å². The fourth-order valence-electron chi connectivity index (χ4n) is 4.24. The highest BCUT2D eigenvalue weighted by molar-refractivity contribution is 7.92. The van der Waals surface area contributed by atoms with Crippen LogP contribution in [0.15, 0.2) is 107 Å². The first-order valence-electron chi connectivity index (χ1n) is 13.6. The molecule has 0 fully saturated rings. The maximum atomic E-state index is 12.9. The number of anilines is 3. The smallest absolute Gasteiger partial charge is 0.263 e. The SMILES string of the molecule is Cc1nccc(CS(=O)(=O)c2ccc(NC(=O)c3cccc(C(=O)Nc4ccc(S(=O)(=O)Nc5ccnc(C)n5)cc4)c3)cc2)n1. The first-order valence-corrected chi connectivity index (χ1v) is 16.8. The predicted octanol–water partition coefficient (Wildman–Crippen LogP) is 4.16. The number of carbonyl (C=O) groups excluding carboxylic acids is 2. The van der Waals surface area contributed by atoms with Crippen molar-refractivity contribution in [3.05, 3.63) is 126 Å². The van der Waals surface area contributed by atoms with Gasteiger partial charge in [0, 0.05) is 34.9 Å². The Hall–Kier alpha value is -5.54. The predicted molar refractivity (Wildman–Crippen MR) is 170 cm³/mol. The van der Waals surface area contributed by atoms with Crippen molar-refractivity contribution in [3.8, 4) is 0 Å². The Labute approximate surface area is 265 Å². The molecule has 0 aliphatic rings. The minimum Gasteiger partial charge on any atom is -0.322 e. The van der Waals surface area contributed by atoms with Crippen LogP contribution >= 0.6 is 0 Å². The molecule has 0 radical (unpaired) electrons. The Morgan fingerprint density at radius 3 is 1.72 bits per heavy atom. The summed E-state index contributed by atoms with van der Waals surface area (Å²) in [5.74, 6) is -0.313. The van der Waals surface area contributed by atoms with Gasteiger partial charge in [-0.2, -0.15) is 0 Å². The zero-order valence-corrected chi connectivity index (χ0v) is 26.1. The minimum absolute atomic E-state index is 0.0353. The quantitative estimate of drug-likeness (QED) is 0.197. The number of hydrogen-bond donors (Lipinski definition) is 3. The topological polar surface area (TPSA) is 190 Å². The van der Waals surface area contributed by atoms with Gasteiger partial charge < -0.3 is 10.6 Å². The Bertz CT molecular complexity index is 1990. The number of sulfonamides is 1. The lowest BCUT2D eigenvalue weighted by Gasteiger charge is -2.10. The van der Waals surface area contributed by atoms with Gasteiger partial charge in [0.1, 0.15) is 17.5 Å². The molecular weight excluding hydrogens is 631 g/mol. The standard InChI is InChI=1S/C31H27N7O6S2/c1-20-32-16-14-26(34-20)19-45(41,42)27-10-6-24(7-11-27)36-30(39)22-4-3-5-23(18-22)31(40)37-25-8-12-28(13-9-25)46(43,44)38-29-15-17-33-21(2)35-29/h3-18H,19H2,1-2H3,(H,36,39)(H,37,40)(H,33,35,38). The van der Waals surface area contributed by atoms with Crippen molar-refractivity contribution < 1.29 is 26.4 Å². The summed E-state index contributed by atoms with van der Waals surface area (Å²) in [5.41, 5.74) is 1.45. The Morgan fingerprint density at radius 2 is 1.17 bits per heavy atom. The van der Waals surface area contributed by atoms with Gasteiger partial charge in [0.25, 0.3) is 21.8 Å². The van der Waals surface area contributed by atoms with E-state index in [1.807, 2.05) is 0 Å². The van der Waals surface area contributed by atoms with Gasteiger partial charge in [0.15, 0.2) is 9.84 Å². The van der Waals surface area contributed by atoms with Gasteiger partial charge in [0.05, 0.1) is 21.2 Å². The summed E-state index contributed by atoms with van der Waals surface area (Å²) in [6, 6.07) is 20.3. The average molecular weight is 658 g/mol. The number of aromatic nitrogens is 4. The van der Waals surface area contributed by atoms with Crippen molar-refractivity contribution in [1.29, 1.82) is 0 Å². The maximum absolute atomic E-state index is 12.9. The van der Waals surface area contributed by atoms with Crippen LogP contribution in [0.1, 0.15) is 38.1 Å². The highest BCUT2D eigenvalue weighted by Gasteiger charge is 2.18. The van der Waals surface area contributed by atoms with Crippen LogP contribution in [-0.4, -0.2) is 48.6 Å². The van der Waals surface area contributed by atoms with E-state index in [4.69, 9.17) is 0 Å². The third-order valence-electron chi connectivity index (χ3n) is 6.47. The van der Waals surface area contributed by atoms with Crippen molar-refractivity contribution in [1.82, 2.24) is 19.9 Å². The number of amides is 2. The summed E-state index contributed by atoms with van der Waals surface area (Å²) < 4.78 is 53.4. The molecule has 0 bridgehead atoms. The zero-order chi connectivity index (χ0) is 32.9. The average Bonchev–Trinajstić information content (AvgIpc) is 3.01. The molecule has 5 aromatic rings. The summed E-state index contributed by atoms with van der Waals surface area (Å²) in [4.78, 5) is 42.0. The van der Waals surface area contributed by atoms with Crippen LogP contribution in [0.3, 0.4) is 0 Å². The van der Waals surface area contributed by atoms with E-state index < -0.39 is 31.7 Å². The van der Waals surface area contributed by atoms with Crippen molar-refractivity contribution in [3.63, 3.8) is 0 Å². The third kappa shape index (κ3) is 7.94. The number of nitrogens with zero attached hydrogens (tertiary/aromatic N) is 4. The molecule has 0 unspecified atom stereocenters. The van der Waals surface area contributed by atoms with E-state index in [1.54, 1.807) is 26.0 Å². The molecule has 234 valence electrons. The lowest BCUT2D eigenvalue weighted by molar-refractivity contribution is 0.102. The van der Waals surface area contributed by atoms with Crippen LogP contribution in [0, 0.1) is 13.8 Å². The largest absolute Gasteiger partial charge is 0.322 e. The van der Waals surface area contributed by atoms with Gasteiger partial charge in [-0.3, -0.25) is 14.3 Å². The number of rotatable bonds is 10. The second-order valence-electron chi connectivity index (χ2n) is 9.99. The van der Waals surface area contributed by atoms with Gasteiger partial charge in [0.2, 0.25) is 0 Å². The molecule has 13 nitrogen and oxygen atoms in total. The van der Waals surface area contributed by atoms with Gasteiger partial charge in [-0.25, -0.2) is 36.8 Å². The molecule has 46 heavy (non-hydrogen) atoms. The molecule has 2 aromatic heterocycles. The summed E-state index contributed by atoms with van der Waals surface area (Å²) in [6.45, 7) is 3.31. The van der Waals surface area contributed by atoms with Crippen LogP contribution in [-0.2, 0) is 25.6 Å². The fourth-order valence-corrected chi connectivity index (χ4v) is 6.51. The Morgan fingerprint density at radius 1 is 0.652 bits per heavy atom. The van der Waals surface area contributed by atoms with Crippen molar-refractivity contribution in [2.45, 2.75) is 29.4 Å². The minimum atomic E-state index is -3.92. The molecule has 2 amide bonds. The third-order valence-corrected chi connectivity index (χ3v) is 9.50. The normalized spacial score (nSPS) is 11.4. The molecule has 0 spiro atoms. The van der Waals surface area contributed by atoms with E-state index in [0.717, 1.165) is 0 Å². The molecule has 0 saturated heterocycles. The molecular formula is C31H27N7O6S2. The first kappa shape index (κ1) is 31.9. The molecule has 0 aliphatic carbocycles.